The van der Waals surface area contributed by atoms with Crippen molar-refractivity contribution in [3.63, 3.8) is 0 Å². The van der Waals surface area contributed by atoms with Crippen molar-refractivity contribution in [2.24, 2.45) is 11.8 Å². The maximum absolute atomic E-state index is 13.3. The Balaban J connectivity index is 1.69. The van der Waals surface area contributed by atoms with Crippen molar-refractivity contribution in [1.29, 1.82) is 0 Å². The molecule has 13 nitrogen and oxygen atoms in total. The summed E-state index contributed by atoms with van der Waals surface area (Å²) in [6.45, 7) is 3.32. The number of aliphatic carboxylic acids is 1. The molecule has 0 spiro atoms. The van der Waals surface area contributed by atoms with E-state index in [0.29, 0.717) is 18.5 Å². The standard InChI is InChI=1S/C24H29N7O6/c1-3-14(2)17(11-16(32)8-9-22(34)35)23(36)26-13-21(33)31-18-7-5-4-6-15(18)10-19(31)24(37)25-12-20-27-29-30-28-20/h4-9,14,17,19H,3,10-13H2,1-2H3,(H,25,37)(H,26,36)(H,34,35)(H,27,28,29,30)/b9-8+/t14-,17-,19-/m0/s1. The lowest BCUT2D eigenvalue weighted by Crippen LogP contribution is -2.51. The quantitative estimate of drug-likeness (QED) is 0.288. The molecule has 0 saturated carbocycles. The van der Waals surface area contributed by atoms with E-state index in [2.05, 4.69) is 31.3 Å². The van der Waals surface area contributed by atoms with E-state index in [0.717, 1.165) is 17.7 Å². The van der Waals surface area contributed by atoms with Crippen LogP contribution in [0.3, 0.4) is 0 Å². The van der Waals surface area contributed by atoms with E-state index in [4.69, 9.17) is 5.11 Å². The molecule has 0 fully saturated rings. The molecule has 4 N–H and O–H groups in total. The zero-order valence-electron chi connectivity index (χ0n) is 20.5. The van der Waals surface area contributed by atoms with Crippen LogP contribution < -0.4 is 15.5 Å². The molecule has 3 amide bonds. The molecule has 1 aliphatic rings. The predicted octanol–water partition coefficient (Wildman–Crippen LogP) is 0.152. The van der Waals surface area contributed by atoms with E-state index in [-0.39, 0.29) is 31.3 Å². The monoisotopic (exact) mass is 511 g/mol. The van der Waals surface area contributed by atoms with Crippen LogP contribution in [0.15, 0.2) is 36.4 Å². The van der Waals surface area contributed by atoms with Gasteiger partial charge >= 0.3 is 5.97 Å². The van der Waals surface area contributed by atoms with Gasteiger partial charge in [-0.15, -0.1) is 10.2 Å². The molecule has 1 aromatic heterocycles. The Morgan fingerprint density at radius 3 is 2.62 bits per heavy atom. The van der Waals surface area contributed by atoms with E-state index in [9.17, 15) is 24.0 Å². The molecule has 37 heavy (non-hydrogen) atoms. The lowest BCUT2D eigenvalue weighted by Gasteiger charge is -2.26. The first-order chi connectivity index (χ1) is 17.7. The Kier molecular flexibility index (Phi) is 9.19. The highest BCUT2D eigenvalue weighted by molar-refractivity contribution is 6.05. The number of hydrogen-bond donors (Lipinski definition) is 4. The zero-order chi connectivity index (χ0) is 26.9. The number of aromatic nitrogens is 4. The normalized spacial score (nSPS) is 16.2. The molecule has 2 aromatic rings. The number of para-hydroxylation sites is 1. The average Bonchev–Trinajstić information content (AvgIpc) is 3.55. The van der Waals surface area contributed by atoms with Gasteiger partial charge in [0.25, 0.3) is 0 Å². The summed E-state index contributed by atoms with van der Waals surface area (Å²) in [6, 6.07) is 6.30. The molecular weight excluding hydrogens is 482 g/mol. The number of amides is 3. The summed E-state index contributed by atoms with van der Waals surface area (Å²) in [4.78, 5) is 63.4. The van der Waals surface area contributed by atoms with Gasteiger partial charge in [0.2, 0.25) is 17.7 Å². The highest BCUT2D eigenvalue weighted by Gasteiger charge is 2.38. The second kappa shape index (κ2) is 12.5. The number of carboxylic acid groups (broad SMARTS) is 1. The number of carbonyl (C=O) groups excluding carboxylic acids is 4. The number of hydrogen-bond acceptors (Lipinski definition) is 8. The average molecular weight is 512 g/mol. The number of nitrogens with one attached hydrogen (secondary N) is 3. The number of fused-ring (bicyclic) bond motifs is 1. The molecule has 0 radical (unpaired) electrons. The molecule has 0 aliphatic carbocycles. The Labute approximate surface area is 212 Å². The second-order valence-electron chi connectivity index (χ2n) is 8.71. The minimum Gasteiger partial charge on any atom is -0.478 e. The topological polar surface area (TPSA) is 187 Å². The largest absolute Gasteiger partial charge is 0.478 e. The predicted molar refractivity (Wildman–Crippen MR) is 130 cm³/mol. The smallest absolute Gasteiger partial charge is 0.328 e. The summed E-state index contributed by atoms with van der Waals surface area (Å²) < 4.78 is 0. The lowest BCUT2D eigenvalue weighted by molar-refractivity contribution is -0.132. The maximum Gasteiger partial charge on any atom is 0.328 e. The van der Waals surface area contributed by atoms with E-state index in [1.807, 2.05) is 19.1 Å². The van der Waals surface area contributed by atoms with Crippen LogP contribution in [0.2, 0.25) is 0 Å². The Bertz CT molecular complexity index is 1180. The van der Waals surface area contributed by atoms with Crippen LogP contribution in [0.4, 0.5) is 5.69 Å². The number of anilines is 1. The summed E-state index contributed by atoms with van der Waals surface area (Å²) in [5, 5.41) is 27.3. The fourth-order valence-corrected chi connectivity index (χ4v) is 4.11. The first-order valence-corrected chi connectivity index (χ1v) is 11.8. The van der Waals surface area contributed by atoms with Crippen molar-refractivity contribution in [2.45, 2.75) is 45.7 Å². The number of tetrazole rings is 1. The van der Waals surface area contributed by atoms with Gasteiger partial charge in [-0.2, -0.15) is 5.21 Å². The van der Waals surface area contributed by atoms with Crippen LogP contribution in [-0.2, 0) is 36.9 Å². The van der Waals surface area contributed by atoms with Crippen molar-refractivity contribution < 1.29 is 29.1 Å². The van der Waals surface area contributed by atoms with Crippen molar-refractivity contribution >= 4 is 35.2 Å². The van der Waals surface area contributed by atoms with E-state index < -0.39 is 41.4 Å². The van der Waals surface area contributed by atoms with E-state index in [1.54, 1.807) is 19.1 Å². The third-order valence-corrected chi connectivity index (χ3v) is 6.27. The number of rotatable bonds is 12. The second-order valence-corrected chi connectivity index (χ2v) is 8.71. The number of benzene rings is 1. The van der Waals surface area contributed by atoms with Gasteiger partial charge in [0.1, 0.15) is 6.04 Å². The fourth-order valence-electron chi connectivity index (χ4n) is 4.11. The molecular formula is C24H29N7O6. The summed E-state index contributed by atoms with van der Waals surface area (Å²) in [5.74, 6) is -3.79. The van der Waals surface area contributed by atoms with Crippen LogP contribution in [0.5, 0.6) is 0 Å². The number of carboxylic acids is 1. The Morgan fingerprint density at radius 2 is 1.95 bits per heavy atom. The van der Waals surface area contributed by atoms with Crippen LogP contribution in [0.1, 0.15) is 38.1 Å². The Morgan fingerprint density at radius 1 is 1.19 bits per heavy atom. The lowest BCUT2D eigenvalue weighted by atomic mass is 9.86. The third-order valence-electron chi connectivity index (χ3n) is 6.27. The van der Waals surface area contributed by atoms with Gasteiger partial charge in [0.15, 0.2) is 11.6 Å². The maximum atomic E-state index is 13.3. The SMILES string of the molecule is CC[C@H](C)[C@H](CC(=O)/C=C/C(=O)O)C(=O)NCC(=O)N1c2ccccc2C[C@H]1C(=O)NCc1nn[nH]n1. The summed E-state index contributed by atoms with van der Waals surface area (Å²) in [7, 11) is 0. The van der Waals surface area contributed by atoms with Crippen LogP contribution in [0, 0.1) is 11.8 Å². The van der Waals surface area contributed by atoms with Crippen LogP contribution in [0.25, 0.3) is 0 Å². The van der Waals surface area contributed by atoms with Gasteiger partial charge in [-0.25, -0.2) is 4.79 Å². The van der Waals surface area contributed by atoms with E-state index >= 15 is 0 Å². The van der Waals surface area contributed by atoms with Crippen molar-refractivity contribution in [3.05, 3.63) is 47.8 Å². The summed E-state index contributed by atoms with van der Waals surface area (Å²) in [5.41, 5.74) is 1.39. The molecule has 0 saturated heterocycles. The number of aromatic amines is 1. The first-order valence-electron chi connectivity index (χ1n) is 11.8. The minimum atomic E-state index is -1.26. The number of H-pyrrole nitrogens is 1. The molecule has 2 heterocycles. The van der Waals surface area contributed by atoms with Crippen LogP contribution in [-0.4, -0.2) is 67.8 Å². The minimum absolute atomic E-state index is 0.0296. The van der Waals surface area contributed by atoms with E-state index in [1.165, 1.54) is 4.90 Å². The molecule has 196 valence electrons. The molecule has 0 unspecified atom stereocenters. The van der Waals surface area contributed by atoms with Gasteiger partial charge in [0.05, 0.1) is 13.1 Å². The first kappa shape index (κ1) is 27.2. The molecule has 0 bridgehead atoms. The van der Waals surface area contributed by atoms with Gasteiger partial charge in [-0.1, -0.05) is 43.7 Å². The van der Waals surface area contributed by atoms with Gasteiger partial charge in [-0.05, 0) is 23.6 Å². The molecule has 3 rings (SSSR count). The zero-order valence-corrected chi connectivity index (χ0v) is 20.5. The highest BCUT2D eigenvalue weighted by Crippen LogP contribution is 2.32. The number of nitrogens with zero attached hydrogens (tertiary/aromatic N) is 4. The number of ketones is 1. The molecule has 1 aliphatic heterocycles. The summed E-state index contributed by atoms with van der Waals surface area (Å²) in [6.07, 6.45) is 2.37. The highest BCUT2D eigenvalue weighted by atomic mass is 16.4. The number of allylic oxidation sites excluding steroid dienone is 1. The van der Waals surface area contributed by atoms with Crippen LogP contribution >= 0.6 is 0 Å². The third kappa shape index (κ3) is 7.06. The Hall–Kier alpha value is -4.42. The van der Waals surface area contributed by atoms with Crippen molar-refractivity contribution in [3.8, 4) is 0 Å². The van der Waals surface area contributed by atoms with Crippen molar-refractivity contribution in [1.82, 2.24) is 31.3 Å². The fraction of sp³-hybridized carbons (Fsp3) is 0.417. The van der Waals surface area contributed by atoms with Gasteiger partial charge in [-0.3, -0.25) is 24.1 Å². The number of carbonyl (C=O) groups is 5. The van der Waals surface area contributed by atoms with Gasteiger partial charge in [0, 0.05) is 30.5 Å². The molecule has 3 atom stereocenters. The molecule has 1 aromatic carbocycles. The molecule has 13 heteroatoms. The van der Waals surface area contributed by atoms with Crippen molar-refractivity contribution in [2.75, 3.05) is 11.4 Å². The summed E-state index contributed by atoms with van der Waals surface area (Å²) >= 11 is 0. The van der Waals surface area contributed by atoms with Gasteiger partial charge < -0.3 is 15.7 Å².